The summed E-state index contributed by atoms with van der Waals surface area (Å²) >= 11 is 0. The first-order valence-electron chi connectivity index (χ1n) is 11.9. The Bertz CT molecular complexity index is 1360. The number of anilines is 1. The standard InChI is InChI=1S/C24H27F4N7O4/c1-14-7-19(24(26,27)28)32-35(14)11-20(36)31-15-8-16(25)21(29-9-15)33-10-17(30-13-33)18-12-38-6-5-34(18)22(37)39-23(2,3)4/h7-10,13,18H,5-6,11-12H2,1-4H3,(H,31,36). The zero-order chi connectivity index (χ0) is 28.5. The Morgan fingerprint density at radius 1 is 1.21 bits per heavy atom. The van der Waals surface area contributed by atoms with Crippen LogP contribution in [0.4, 0.5) is 28.0 Å². The molecule has 0 bridgehead atoms. The zero-order valence-corrected chi connectivity index (χ0v) is 21.6. The van der Waals surface area contributed by atoms with Crippen molar-refractivity contribution in [3.05, 3.63) is 53.8 Å². The highest BCUT2D eigenvalue weighted by Crippen LogP contribution is 2.29. The first-order valence-corrected chi connectivity index (χ1v) is 11.9. The molecule has 1 atom stereocenters. The number of hydrogen-bond donors (Lipinski definition) is 1. The van der Waals surface area contributed by atoms with Crippen LogP contribution >= 0.6 is 0 Å². The van der Waals surface area contributed by atoms with Crippen molar-refractivity contribution in [3.8, 4) is 5.82 Å². The number of ether oxygens (including phenoxy) is 2. The van der Waals surface area contributed by atoms with Gasteiger partial charge in [-0.25, -0.2) is 19.2 Å². The molecule has 2 amide bonds. The van der Waals surface area contributed by atoms with Crippen LogP contribution in [0.25, 0.3) is 5.82 Å². The number of nitrogens with one attached hydrogen (secondary N) is 1. The number of amides is 2. The van der Waals surface area contributed by atoms with Crippen molar-refractivity contribution in [3.63, 3.8) is 0 Å². The van der Waals surface area contributed by atoms with E-state index in [9.17, 15) is 27.2 Å². The van der Waals surface area contributed by atoms with Crippen LogP contribution in [-0.2, 0) is 27.0 Å². The normalized spacial score (nSPS) is 16.3. The van der Waals surface area contributed by atoms with Crippen molar-refractivity contribution in [2.45, 2.75) is 52.1 Å². The molecule has 210 valence electrons. The first-order chi connectivity index (χ1) is 18.2. The topological polar surface area (TPSA) is 116 Å². The zero-order valence-electron chi connectivity index (χ0n) is 21.6. The monoisotopic (exact) mass is 553 g/mol. The summed E-state index contributed by atoms with van der Waals surface area (Å²) in [5.74, 6) is -1.63. The van der Waals surface area contributed by atoms with Crippen LogP contribution < -0.4 is 5.32 Å². The van der Waals surface area contributed by atoms with Gasteiger partial charge in [-0.2, -0.15) is 18.3 Å². The quantitative estimate of drug-likeness (QED) is 0.477. The van der Waals surface area contributed by atoms with Gasteiger partial charge in [-0.1, -0.05) is 0 Å². The lowest BCUT2D eigenvalue weighted by Crippen LogP contribution is -2.45. The summed E-state index contributed by atoms with van der Waals surface area (Å²) in [5.41, 5.74) is -1.22. The van der Waals surface area contributed by atoms with Crippen molar-refractivity contribution in [1.82, 2.24) is 29.2 Å². The highest BCUT2D eigenvalue weighted by molar-refractivity contribution is 5.90. The van der Waals surface area contributed by atoms with Crippen LogP contribution in [0, 0.1) is 12.7 Å². The van der Waals surface area contributed by atoms with Crippen LogP contribution in [0.3, 0.4) is 0 Å². The van der Waals surface area contributed by atoms with Gasteiger partial charge >= 0.3 is 12.3 Å². The smallest absolute Gasteiger partial charge is 0.435 e. The summed E-state index contributed by atoms with van der Waals surface area (Å²) in [7, 11) is 0. The third-order valence-corrected chi connectivity index (χ3v) is 5.62. The largest absolute Gasteiger partial charge is 0.444 e. The molecular weight excluding hydrogens is 526 g/mol. The maximum absolute atomic E-state index is 14.9. The van der Waals surface area contributed by atoms with E-state index < -0.39 is 47.9 Å². The van der Waals surface area contributed by atoms with E-state index in [4.69, 9.17) is 9.47 Å². The number of aryl methyl sites for hydroxylation is 1. The van der Waals surface area contributed by atoms with E-state index in [1.807, 2.05) is 0 Å². The molecule has 1 saturated heterocycles. The number of carbonyl (C=O) groups excluding carboxylic acids is 2. The van der Waals surface area contributed by atoms with Gasteiger partial charge in [0.1, 0.15) is 24.5 Å². The lowest BCUT2D eigenvalue weighted by molar-refractivity contribution is -0.141. The number of halogens is 4. The molecule has 1 unspecified atom stereocenters. The van der Waals surface area contributed by atoms with E-state index in [-0.39, 0.29) is 23.8 Å². The van der Waals surface area contributed by atoms with Crippen molar-refractivity contribution in [2.24, 2.45) is 0 Å². The second-order valence-corrected chi connectivity index (χ2v) is 9.87. The summed E-state index contributed by atoms with van der Waals surface area (Å²) in [6.07, 6.45) is -1.11. The molecule has 11 nitrogen and oxygen atoms in total. The maximum atomic E-state index is 14.9. The maximum Gasteiger partial charge on any atom is 0.435 e. The van der Waals surface area contributed by atoms with Gasteiger partial charge in [-0.05, 0) is 33.8 Å². The first kappa shape index (κ1) is 28.0. The SMILES string of the molecule is Cc1cc(C(F)(F)F)nn1CC(=O)Nc1cnc(-n2cnc(C3COCCN3C(=O)OC(C)(C)C)c2)c(F)c1. The summed E-state index contributed by atoms with van der Waals surface area (Å²) in [5, 5.41) is 5.79. The van der Waals surface area contributed by atoms with E-state index in [1.165, 1.54) is 35.1 Å². The Balaban J connectivity index is 1.45. The highest BCUT2D eigenvalue weighted by Gasteiger charge is 2.35. The molecule has 4 heterocycles. The van der Waals surface area contributed by atoms with Crippen LogP contribution in [0.1, 0.15) is 43.9 Å². The number of carbonyl (C=O) groups is 2. The molecule has 0 aromatic carbocycles. The molecule has 0 spiro atoms. The van der Waals surface area contributed by atoms with Gasteiger partial charge in [0, 0.05) is 24.5 Å². The fourth-order valence-electron chi connectivity index (χ4n) is 3.85. The Kier molecular flexibility index (Phi) is 7.63. The van der Waals surface area contributed by atoms with Gasteiger partial charge in [-0.15, -0.1) is 0 Å². The van der Waals surface area contributed by atoms with Crippen molar-refractivity contribution in [2.75, 3.05) is 25.1 Å². The van der Waals surface area contributed by atoms with E-state index in [0.717, 1.165) is 16.8 Å². The predicted molar refractivity (Wildman–Crippen MR) is 128 cm³/mol. The Morgan fingerprint density at radius 2 is 1.95 bits per heavy atom. The van der Waals surface area contributed by atoms with Crippen LogP contribution in [0.15, 0.2) is 30.9 Å². The number of nitrogens with zero attached hydrogens (tertiary/aromatic N) is 6. The van der Waals surface area contributed by atoms with Crippen LogP contribution in [-0.4, -0.2) is 66.6 Å². The lowest BCUT2D eigenvalue weighted by Gasteiger charge is -2.35. The van der Waals surface area contributed by atoms with E-state index >= 15 is 0 Å². The van der Waals surface area contributed by atoms with E-state index in [2.05, 4.69) is 20.4 Å². The molecule has 3 aromatic rings. The van der Waals surface area contributed by atoms with E-state index in [0.29, 0.717) is 18.8 Å². The Hall–Kier alpha value is -4.01. The highest BCUT2D eigenvalue weighted by atomic mass is 19.4. The molecular formula is C24H27F4N7O4. The average Bonchev–Trinajstić information content (AvgIpc) is 3.45. The van der Waals surface area contributed by atoms with Crippen molar-refractivity contribution < 1.29 is 36.6 Å². The number of aromatic nitrogens is 5. The molecule has 0 aliphatic carbocycles. The molecule has 3 aromatic heterocycles. The number of pyridine rings is 1. The minimum atomic E-state index is -4.64. The van der Waals surface area contributed by atoms with Gasteiger partial charge in [0.05, 0.1) is 30.8 Å². The third kappa shape index (κ3) is 6.71. The number of imidazole rings is 1. The van der Waals surface area contributed by atoms with Gasteiger partial charge < -0.3 is 14.8 Å². The minimum Gasteiger partial charge on any atom is -0.444 e. The number of morpholine rings is 1. The lowest BCUT2D eigenvalue weighted by atomic mass is 10.1. The molecule has 4 rings (SSSR count). The molecule has 1 N–H and O–H groups in total. The predicted octanol–water partition coefficient (Wildman–Crippen LogP) is 3.88. The Labute approximate surface area is 220 Å². The van der Waals surface area contributed by atoms with Gasteiger partial charge in [0.2, 0.25) is 5.91 Å². The number of hydrogen-bond acceptors (Lipinski definition) is 7. The summed E-state index contributed by atoms with van der Waals surface area (Å²) < 4.78 is 66.7. The number of rotatable bonds is 5. The number of alkyl halides is 3. The summed E-state index contributed by atoms with van der Waals surface area (Å²) in [6.45, 7) is 6.97. The molecule has 0 radical (unpaired) electrons. The molecule has 15 heteroatoms. The van der Waals surface area contributed by atoms with Crippen molar-refractivity contribution >= 4 is 17.7 Å². The molecule has 1 fully saturated rings. The van der Waals surface area contributed by atoms with Crippen LogP contribution in [0.2, 0.25) is 0 Å². The molecule has 1 aliphatic rings. The van der Waals surface area contributed by atoms with Crippen LogP contribution in [0.5, 0.6) is 0 Å². The summed E-state index contributed by atoms with van der Waals surface area (Å²) in [6, 6.07) is 1.29. The van der Waals surface area contributed by atoms with Gasteiger partial charge in [0.25, 0.3) is 0 Å². The minimum absolute atomic E-state index is 0.000718. The second kappa shape index (κ2) is 10.6. The van der Waals surface area contributed by atoms with Crippen molar-refractivity contribution in [1.29, 1.82) is 0 Å². The Morgan fingerprint density at radius 3 is 2.59 bits per heavy atom. The van der Waals surface area contributed by atoms with Gasteiger partial charge in [-0.3, -0.25) is 18.9 Å². The third-order valence-electron chi connectivity index (χ3n) is 5.62. The fraction of sp³-hybridized carbons (Fsp3) is 0.458. The fourth-order valence-corrected chi connectivity index (χ4v) is 3.85. The van der Waals surface area contributed by atoms with Gasteiger partial charge in [0.15, 0.2) is 17.3 Å². The second-order valence-electron chi connectivity index (χ2n) is 9.87. The molecule has 39 heavy (non-hydrogen) atoms. The average molecular weight is 554 g/mol. The molecule has 0 saturated carbocycles. The summed E-state index contributed by atoms with van der Waals surface area (Å²) in [4.78, 5) is 34.9. The van der Waals surface area contributed by atoms with E-state index in [1.54, 1.807) is 20.8 Å². The molecule has 1 aliphatic heterocycles.